The van der Waals surface area contributed by atoms with Crippen molar-refractivity contribution in [2.75, 3.05) is 6.61 Å². The standard InChI is InChI=1S/C10H13FN2O5/c1-10(8(11)7(16)5(4-14)18-10)13-3-2-6(15)12-9(13)17/h2-3,5,7-8,14,16H,4H2,1H3,(H,12,15,17)/t5-,7-,8?,10-/m1/s1. The molecular formula is C10H13FN2O5. The van der Waals surface area contributed by atoms with Crippen molar-refractivity contribution in [3.8, 4) is 0 Å². The molecule has 100 valence electrons. The van der Waals surface area contributed by atoms with Crippen LogP contribution >= 0.6 is 0 Å². The summed E-state index contributed by atoms with van der Waals surface area (Å²) < 4.78 is 20.1. The minimum Gasteiger partial charge on any atom is -0.394 e. The van der Waals surface area contributed by atoms with Crippen molar-refractivity contribution in [2.24, 2.45) is 0 Å². The fourth-order valence-electron chi connectivity index (χ4n) is 2.05. The number of aliphatic hydroxyl groups is 2. The number of halogens is 1. The lowest BCUT2D eigenvalue weighted by atomic mass is 10.1. The highest BCUT2D eigenvalue weighted by molar-refractivity contribution is 4.99. The van der Waals surface area contributed by atoms with Gasteiger partial charge in [-0.3, -0.25) is 14.3 Å². The maximum absolute atomic E-state index is 14.0. The molecule has 2 rings (SSSR count). The average molecular weight is 260 g/mol. The quantitative estimate of drug-likeness (QED) is 0.588. The fraction of sp³-hybridized carbons (Fsp3) is 0.600. The smallest absolute Gasteiger partial charge is 0.330 e. The maximum atomic E-state index is 14.0. The lowest BCUT2D eigenvalue weighted by Gasteiger charge is -2.28. The number of nitrogens with one attached hydrogen (secondary N) is 1. The number of rotatable bonds is 2. The second-order valence-electron chi connectivity index (χ2n) is 4.27. The van der Waals surface area contributed by atoms with E-state index in [9.17, 15) is 19.1 Å². The van der Waals surface area contributed by atoms with Gasteiger partial charge < -0.3 is 14.9 Å². The summed E-state index contributed by atoms with van der Waals surface area (Å²) in [5.41, 5.74) is -3.24. The van der Waals surface area contributed by atoms with E-state index >= 15 is 0 Å². The molecule has 0 radical (unpaired) electrons. The lowest BCUT2D eigenvalue weighted by Crippen LogP contribution is -2.47. The first-order chi connectivity index (χ1) is 8.40. The minimum absolute atomic E-state index is 0.574. The van der Waals surface area contributed by atoms with Crippen LogP contribution in [0, 0.1) is 0 Å². The molecule has 2 heterocycles. The Labute approximate surface area is 100 Å². The summed E-state index contributed by atoms with van der Waals surface area (Å²) in [7, 11) is 0. The van der Waals surface area contributed by atoms with E-state index in [1.54, 1.807) is 0 Å². The molecule has 1 unspecified atom stereocenters. The second-order valence-corrected chi connectivity index (χ2v) is 4.27. The Morgan fingerprint density at radius 1 is 1.61 bits per heavy atom. The normalized spacial score (nSPS) is 35.9. The van der Waals surface area contributed by atoms with Gasteiger partial charge in [-0.05, 0) is 6.92 Å². The molecular weight excluding hydrogens is 247 g/mol. The number of ether oxygens (including phenoxy) is 1. The molecule has 0 bridgehead atoms. The summed E-state index contributed by atoms with van der Waals surface area (Å²) in [6.07, 6.45) is -3.49. The monoisotopic (exact) mass is 260 g/mol. The van der Waals surface area contributed by atoms with Crippen LogP contribution in [-0.2, 0) is 10.5 Å². The third kappa shape index (κ3) is 1.78. The topological polar surface area (TPSA) is 105 Å². The van der Waals surface area contributed by atoms with Gasteiger partial charge in [-0.1, -0.05) is 0 Å². The van der Waals surface area contributed by atoms with E-state index in [4.69, 9.17) is 9.84 Å². The van der Waals surface area contributed by atoms with E-state index in [0.717, 1.165) is 16.8 Å². The van der Waals surface area contributed by atoms with E-state index in [1.165, 1.54) is 6.92 Å². The van der Waals surface area contributed by atoms with Gasteiger partial charge in [0.2, 0.25) is 0 Å². The van der Waals surface area contributed by atoms with Crippen LogP contribution in [0.1, 0.15) is 6.92 Å². The number of hydrogen-bond acceptors (Lipinski definition) is 5. The second kappa shape index (κ2) is 4.30. The number of nitrogens with zero attached hydrogens (tertiary/aromatic N) is 1. The number of alkyl halides is 1. The van der Waals surface area contributed by atoms with Gasteiger partial charge in [0.05, 0.1) is 6.61 Å². The van der Waals surface area contributed by atoms with Crippen LogP contribution in [0.3, 0.4) is 0 Å². The van der Waals surface area contributed by atoms with E-state index in [1.807, 2.05) is 4.98 Å². The summed E-state index contributed by atoms with van der Waals surface area (Å²) >= 11 is 0. The first-order valence-corrected chi connectivity index (χ1v) is 5.33. The SMILES string of the molecule is C[C@@]1(n2ccc(=O)[nH]c2=O)O[C@H](CO)[C@@H](O)C1F. The van der Waals surface area contributed by atoms with Gasteiger partial charge in [0, 0.05) is 12.3 Å². The molecule has 7 nitrogen and oxygen atoms in total. The van der Waals surface area contributed by atoms with E-state index < -0.39 is 42.0 Å². The lowest BCUT2D eigenvalue weighted by molar-refractivity contribution is -0.123. The van der Waals surface area contributed by atoms with Crippen LogP contribution in [0.2, 0.25) is 0 Å². The summed E-state index contributed by atoms with van der Waals surface area (Å²) in [4.78, 5) is 24.5. The molecule has 0 amide bonds. The van der Waals surface area contributed by atoms with E-state index in [2.05, 4.69) is 0 Å². The number of aromatic amines is 1. The van der Waals surface area contributed by atoms with Crippen molar-refractivity contribution >= 4 is 0 Å². The number of hydrogen-bond donors (Lipinski definition) is 3. The van der Waals surface area contributed by atoms with Gasteiger partial charge in [-0.15, -0.1) is 0 Å². The highest BCUT2D eigenvalue weighted by Gasteiger charge is 2.54. The molecule has 1 aromatic heterocycles. The molecule has 8 heteroatoms. The zero-order valence-corrected chi connectivity index (χ0v) is 9.54. The zero-order chi connectivity index (χ0) is 13.5. The molecule has 4 atom stereocenters. The first-order valence-electron chi connectivity index (χ1n) is 5.33. The Morgan fingerprint density at radius 3 is 2.78 bits per heavy atom. The van der Waals surface area contributed by atoms with Gasteiger partial charge in [0.15, 0.2) is 11.9 Å². The molecule has 0 saturated carbocycles. The van der Waals surface area contributed by atoms with Crippen LogP contribution in [0.4, 0.5) is 4.39 Å². The molecule has 18 heavy (non-hydrogen) atoms. The predicted octanol–water partition coefficient (Wildman–Crippen LogP) is -1.70. The fourth-order valence-corrected chi connectivity index (χ4v) is 2.05. The molecule has 1 fully saturated rings. The highest BCUT2D eigenvalue weighted by Crippen LogP contribution is 2.36. The van der Waals surface area contributed by atoms with Crippen molar-refractivity contribution in [3.63, 3.8) is 0 Å². The van der Waals surface area contributed by atoms with Crippen molar-refractivity contribution in [1.82, 2.24) is 9.55 Å². The zero-order valence-electron chi connectivity index (χ0n) is 9.54. The van der Waals surface area contributed by atoms with Crippen molar-refractivity contribution in [1.29, 1.82) is 0 Å². The molecule has 1 aliphatic heterocycles. The van der Waals surface area contributed by atoms with Crippen LogP contribution < -0.4 is 11.2 Å². The number of aromatic nitrogens is 2. The van der Waals surface area contributed by atoms with Gasteiger partial charge in [-0.2, -0.15) is 0 Å². The molecule has 0 aromatic carbocycles. The van der Waals surface area contributed by atoms with Crippen molar-refractivity contribution in [3.05, 3.63) is 33.1 Å². The molecule has 1 aromatic rings. The third-order valence-corrected chi connectivity index (χ3v) is 3.06. The Bertz CT molecular complexity index is 556. The van der Waals surface area contributed by atoms with Gasteiger partial charge in [0.25, 0.3) is 5.56 Å². The molecule has 0 spiro atoms. The molecule has 1 aliphatic rings. The summed E-state index contributed by atoms with van der Waals surface area (Å²) in [5.74, 6) is 0. The Balaban J connectivity index is 2.49. The van der Waals surface area contributed by atoms with Gasteiger partial charge in [-0.25, -0.2) is 9.18 Å². The maximum Gasteiger partial charge on any atom is 0.330 e. The highest BCUT2D eigenvalue weighted by atomic mass is 19.1. The number of aliphatic hydroxyl groups excluding tert-OH is 2. The van der Waals surface area contributed by atoms with E-state index in [-0.39, 0.29) is 0 Å². The first kappa shape index (κ1) is 12.9. The average Bonchev–Trinajstić information content (AvgIpc) is 2.54. The Hall–Kier alpha value is -1.51. The van der Waals surface area contributed by atoms with Crippen LogP contribution in [-0.4, -0.2) is 44.8 Å². The summed E-state index contributed by atoms with van der Waals surface area (Å²) in [5, 5.41) is 18.5. The van der Waals surface area contributed by atoms with Crippen LogP contribution in [0.5, 0.6) is 0 Å². The largest absolute Gasteiger partial charge is 0.394 e. The molecule has 3 N–H and O–H groups in total. The summed E-state index contributed by atoms with van der Waals surface area (Å²) in [6, 6.07) is 1.04. The Kier molecular flexibility index (Phi) is 3.09. The Morgan fingerprint density at radius 2 is 2.28 bits per heavy atom. The third-order valence-electron chi connectivity index (χ3n) is 3.06. The minimum atomic E-state index is -1.90. The van der Waals surface area contributed by atoms with Gasteiger partial charge in [0.1, 0.15) is 12.2 Å². The van der Waals surface area contributed by atoms with Crippen LogP contribution in [0.15, 0.2) is 21.9 Å². The summed E-state index contributed by atoms with van der Waals surface area (Å²) in [6.45, 7) is 0.686. The predicted molar refractivity (Wildman–Crippen MR) is 57.8 cm³/mol. The van der Waals surface area contributed by atoms with Crippen molar-refractivity contribution in [2.45, 2.75) is 31.0 Å². The molecule has 1 saturated heterocycles. The molecule has 0 aliphatic carbocycles. The van der Waals surface area contributed by atoms with Gasteiger partial charge >= 0.3 is 5.69 Å². The van der Waals surface area contributed by atoms with Crippen LogP contribution in [0.25, 0.3) is 0 Å². The van der Waals surface area contributed by atoms with Crippen molar-refractivity contribution < 1.29 is 19.3 Å². The van der Waals surface area contributed by atoms with E-state index in [0.29, 0.717) is 0 Å². The number of H-pyrrole nitrogens is 1.